The van der Waals surface area contributed by atoms with Gasteiger partial charge in [0.15, 0.2) is 0 Å². The maximum Gasteiger partial charge on any atom is 0.127 e. The third-order valence-corrected chi connectivity index (χ3v) is 4.13. The highest BCUT2D eigenvalue weighted by Gasteiger charge is 2.37. The van der Waals surface area contributed by atoms with Crippen molar-refractivity contribution in [3.63, 3.8) is 0 Å². The van der Waals surface area contributed by atoms with E-state index in [1.807, 2.05) is 0 Å². The molecule has 1 aliphatic heterocycles. The van der Waals surface area contributed by atoms with Gasteiger partial charge in [0.1, 0.15) is 5.75 Å². The van der Waals surface area contributed by atoms with Gasteiger partial charge in [-0.1, -0.05) is 17.7 Å². The van der Waals surface area contributed by atoms with Crippen LogP contribution in [-0.2, 0) is 5.41 Å². The number of ether oxygens (including phenoxy) is 1. The highest BCUT2D eigenvalue weighted by molar-refractivity contribution is 5.51. The Balaban J connectivity index is 2.51. The number of hydrogen-bond acceptors (Lipinski definition) is 3. The monoisotopic (exact) mass is 272 g/mol. The molecule has 0 aliphatic carbocycles. The summed E-state index contributed by atoms with van der Waals surface area (Å²) < 4.78 is 5.93. The second-order valence-corrected chi connectivity index (χ2v) is 6.16. The van der Waals surface area contributed by atoms with E-state index in [0.717, 1.165) is 42.7 Å². The van der Waals surface area contributed by atoms with Crippen molar-refractivity contribution >= 4 is 0 Å². The van der Waals surface area contributed by atoms with Crippen LogP contribution in [0.4, 0.5) is 0 Å². The van der Waals surface area contributed by atoms with Gasteiger partial charge >= 0.3 is 0 Å². The summed E-state index contributed by atoms with van der Waals surface area (Å²) in [6.07, 6.45) is 2.68. The molecule has 0 bridgehead atoms. The fourth-order valence-electron chi connectivity index (χ4n) is 3.03. The average molecular weight is 272 g/mol. The molecule has 0 amide bonds. The maximum absolute atomic E-state index is 9.88. The number of benzene rings is 1. The van der Waals surface area contributed by atoms with Crippen LogP contribution >= 0.6 is 0 Å². The van der Waals surface area contributed by atoms with E-state index in [0.29, 0.717) is 6.61 Å². The molecule has 2 rings (SSSR count). The highest BCUT2D eigenvalue weighted by atomic mass is 16.5. The van der Waals surface area contributed by atoms with Crippen LogP contribution in [0.25, 0.3) is 0 Å². The van der Waals surface area contributed by atoms with Gasteiger partial charge in [-0.15, -0.1) is 0 Å². The molecule has 0 saturated heterocycles. The Bertz CT molecular complexity index is 531. The highest BCUT2D eigenvalue weighted by Crippen LogP contribution is 2.42. The van der Waals surface area contributed by atoms with Crippen LogP contribution in [0.15, 0.2) is 12.1 Å². The molecule has 1 aromatic rings. The van der Waals surface area contributed by atoms with Crippen molar-refractivity contribution in [1.82, 2.24) is 4.90 Å². The Hall–Kier alpha value is -1.53. The number of fused-ring (bicyclic) bond motifs is 1. The molecule has 1 heterocycles. The van der Waals surface area contributed by atoms with Gasteiger partial charge in [-0.05, 0) is 59.3 Å². The SMILES string of the molecule is Cc1cc(C)c2c(c1)C(C#N)(CCN(C)C)CCCO2. The van der Waals surface area contributed by atoms with Gasteiger partial charge in [-0.3, -0.25) is 0 Å². The third-order valence-electron chi connectivity index (χ3n) is 4.13. The number of hydrogen-bond donors (Lipinski definition) is 0. The smallest absolute Gasteiger partial charge is 0.127 e. The van der Waals surface area contributed by atoms with Crippen LogP contribution in [-0.4, -0.2) is 32.1 Å². The lowest BCUT2D eigenvalue weighted by molar-refractivity contribution is 0.308. The summed E-state index contributed by atoms with van der Waals surface area (Å²) in [6.45, 7) is 5.79. The van der Waals surface area contributed by atoms with Crippen molar-refractivity contribution in [3.05, 3.63) is 28.8 Å². The number of nitriles is 1. The van der Waals surface area contributed by atoms with E-state index in [1.165, 1.54) is 5.56 Å². The maximum atomic E-state index is 9.88. The van der Waals surface area contributed by atoms with Crippen molar-refractivity contribution in [1.29, 1.82) is 5.26 Å². The third kappa shape index (κ3) is 2.81. The standard InChI is InChI=1S/C17H24N2O/c1-13-10-14(2)16-15(11-13)17(12-18,6-5-9-20-16)7-8-19(3)4/h10-11H,5-9H2,1-4H3. The average Bonchev–Trinajstić information content (AvgIpc) is 2.57. The lowest BCUT2D eigenvalue weighted by Gasteiger charge is -2.28. The molecule has 3 heteroatoms. The first-order valence-electron chi connectivity index (χ1n) is 7.29. The minimum absolute atomic E-state index is 0.410. The summed E-state index contributed by atoms with van der Waals surface area (Å²) in [7, 11) is 4.11. The molecule has 0 fully saturated rings. The second-order valence-electron chi connectivity index (χ2n) is 6.16. The summed E-state index contributed by atoms with van der Waals surface area (Å²) in [5.74, 6) is 0.938. The van der Waals surface area contributed by atoms with Crippen LogP contribution in [0.1, 0.15) is 36.0 Å². The Labute approximate surface area is 122 Å². The van der Waals surface area contributed by atoms with Crippen LogP contribution < -0.4 is 4.74 Å². The molecule has 0 N–H and O–H groups in total. The van der Waals surface area contributed by atoms with Crippen molar-refractivity contribution in [2.45, 2.75) is 38.5 Å². The molecule has 1 unspecified atom stereocenters. The molecule has 0 aromatic heterocycles. The van der Waals surface area contributed by atoms with E-state index >= 15 is 0 Å². The van der Waals surface area contributed by atoms with Gasteiger partial charge < -0.3 is 9.64 Å². The second kappa shape index (κ2) is 5.85. The predicted octanol–water partition coefficient (Wildman–Crippen LogP) is 3.19. The molecular formula is C17H24N2O. The van der Waals surface area contributed by atoms with Crippen molar-refractivity contribution in [3.8, 4) is 11.8 Å². The topological polar surface area (TPSA) is 36.3 Å². The predicted molar refractivity (Wildman–Crippen MR) is 81.1 cm³/mol. The summed E-state index contributed by atoms with van der Waals surface area (Å²) in [6, 6.07) is 6.90. The largest absolute Gasteiger partial charge is 0.493 e. The van der Waals surface area contributed by atoms with E-state index in [1.54, 1.807) is 0 Å². The van der Waals surface area contributed by atoms with Gasteiger partial charge in [-0.2, -0.15) is 5.26 Å². The number of rotatable bonds is 3. The zero-order chi connectivity index (χ0) is 14.8. The van der Waals surface area contributed by atoms with Gasteiger partial charge in [0, 0.05) is 5.56 Å². The molecule has 1 atom stereocenters. The molecule has 0 saturated carbocycles. The Morgan fingerprint density at radius 2 is 2.10 bits per heavy atom. The zero-order valence-electron chi connectivity index (χ0n) is 13.0. The lowest BCUT2D eigenvalue weighted by Crippen LogP contribution is -2.29. The van der Waals surface area contributed by atoms with E-state index < -0.39 is 5.41 Å². The fraction of sp³-hybridized carbons (Fsp3) is 0.588. The van der Waals surface area contributed by atoms with Gasteiger partial charge in [0.05, 0.1) is 18.1 Å². The molecule has 1 aromatic carbocycles. The van der Waals surface area contributed by atoms with Crippen LogP contribution in [0, 0.1) is 25.2 Å². The molecule has 3 nitrogen and oxygen atoms in total. The van der Waals surface area contributed by atoms with Gasteiger partial charge in [0.25, 0.3) is 0 Å². The number of nitrogens with zero attached hydrogens (tertiary/aromatic N) is 2. The normalized spacial score (nSPS) is 21.8. The van der Waals surface area contributed by atoms with Gasteiger partial charge in [-0.25, -0.2) is 0 Å². The van der Waals surface area contributed by atoms with E-state index in [4.69, 9.17) is 4.74 Å². The van der Waals surface area contributed by atoms with Crippen LogP contribution in [0.2, 0.25) is 0 Å². The van der Waals surface area contributed by atoms with Crippen molar-refractivity contribution in [2.24, 2.45) is 0 Å². The summed E-state index contributed by atoms with van der Waals surface area (Å²) >= 11 is 0. The van der Waals surface area contributed by atoms with Crippen LogP contribution in [0.5, 0.6) is 5.75 Å². The fourth-order valence-corrected chi connectivity index (χ4v) is 3.03. The molecule has 108 valence electrons. The first-order chi connectivity index (χ1) is 9.48. The molecular weight excluding hydrogens is 248 g/mol. The van der Waals surface area contributed by atoms with Gasteiger partial charge in [0.2, 0.25) is 0 Å². The van der Waals surface area contributed by atoms with Crippen molar-refractivity contribution in [2.75, 3.05) is 27.2 Å². The first kappa shape index (κ1) is 14.9. The minimum Gasteiger partial charge on any atom is -0.493 e. The van der Waals surface area contributed by atoms with Crippen LogP contribution in [0.3, 0.4) is 0 Å². The number of aryl methyl sites for hydroxylation is 2. The van der Waals surface area contributed by atoms with Crippen molar-refractivity contribution < 1.29 is 4.74 Å². The van der Waals surface area contributed by atoms with E-state index in [-0.39, 0.29) is 0 Å². The molecule has 0 spiro atoms. The van der Waals surface area contributed by atoms with E-state index in [9.17, 15) is 5.26 Å². The molecule has 0 radical (unpaired) electrons. The lowest BCUT2D eigenvalue weighted by atomic mass is 9.74. The summed E-state index contributed by atoms with van der Waals surface area (Å²) in [5.41, 5.74) is 3.03. The minimum atomic E-state index is -0.410. The molecule has 20 heavy (non-hydrogen) atoms. The first-order valence-corrected chi connectivity index (χ1v) is 7.29. The zero-order valence-corrected chi connectivity index (χ0v) is 13.0. The summed E-state index contributed by atoms with van der Waals surface area (Å²) in [5, 5.41) is 9.88. The van der Waals surface area contributed by atoms with E-state index in [2.05, 4.69) is 51.0 Å². The Morgan fingerprint density at radius 1 is 1.35 bits per heavy atom. The quantitative estimate of drug-likeness (QED) is 0.848. The summed E-state index contributed by atoms with van der Waals surface area (Å²) in [4.78, 5) is 2.15. The molecule has 1 aliphatic rings. The Morgan fingerprint density at radius 3 is 2.75 bits per heavy atom. The Kier molecular flexibility index (Phi) is 4.35.